The van der Waals surface area contributed by atoms with Gasteiger partial charge in [0.2, 0.25) is 0 Å². The van der Waals surface area contributed by atoms with Crippen molar-refractivity contribution in [2.75, 3.05) is 26.4 Å². The van der Waals surface area contributed by atoms with Crippen LogP contribution in [0, 0.1) is 0 Å². The summed E-state index contributed by atoms with van der Waals surface area (Å²) in [4.78, 5) is 35.0. The van der Waals surface area contributed by atoms with E-state index in [1.807, 2.05) is 0 Å². The summed E-state index contributed by atoms with van der Waals surface area (Å²) in [5.74, 6) is -0.915. The molecule has 3 N–H and O–H groups in total. The monoisotopic (exact) mass is 904 g/mol. The molecule has 0 aromatic carbocycles. The van der Waals surface area contributed by atoms with Crippen molar-refractivity contribution in [1.82, 2.24) is 0 Å². The highest BCUT2D eigenvalue weighted by Gasteiger charge is 2.26. The zero-order valence-corrected chi connectivity index (χ0v) is 41.2. The Morgan fingerprint density at radius 1 is 0.476 bits per heavy atom. The van der Waals surface area contributed by atoms with Crippen molar-refractivity contribution in [3.8, 4) is 0 Å². The number of rotatable bonds is 47. The van der Waals surface area contributed by atoms with E-state index in [0.29, 0.717) is 12.8 Å². The fourth-order valence-corrected chi connectivity index (χ4v) is 7.52. The minimum atomic E-state index is -4.40. The average Bonchev–Trinajstić information content (AvgIpc) is 3.27. The molecule has 0 bridgehead atoms. The first kappa shape index (κ1) is 60.5. The van der Waals surface area contributed by atoms with E-state index in [4.69, 9.17) is 24.3 Å². The number of nitrogens with two attached hydrogens (primary N) is 1. The number of allylic oxidation sites excluding steroid dienone is 12. The molecule has 0 aliphatic heterocycles. The molecular formula is C53H94NO8P. The maximum absolute atomic E-state index is 12.6. The van der Waals surface area contributed by atoms with Crippen LogP contribution < -0.4 is 5.73 Å². The lowest BCUT2D eigenvalue weighted by atomic mass is 10.0. The Balaban J connectivity index is 4.17. The van der Waals surface area contributed by atoms with Crippen molar-refractivity contribution in [1.29, 1.82) is 0 Å². The second kappa shape index (κ2) is 48.9. The Hall–Kier alpha value is -2.55. The number of hydrogen-bond donors (Lipinski definition) is 2. The van der Waals surface area contributed by atoms with Crippen LogP contribution in [0.25, 0.3) is 0 Å². The van der Waals surface area contributed by atoms with Gasteiger partial charge in [0.15, 0.2) is 6.10 Å². The molecule has 0 rings (SSSR count). The molecule has 9 nitrogen and oxygen atoms in total. The predicted octanol–water partition coefficient (Wildman–Crippen LogP) is 15.4. The van der Waals surface area contributed by atoms with E-state index >= 15 is 0 Å². The Labute approximate surface area is 386 Å². The number of phosphoric acid groups is 1. The molecule has 63 heavy (non-hydrogen) atoms. The van der Waals surface area contributed by atoms with Gasteiger partial charge in [0.25, 0.3) is 0 Å². The number of phosphoric ester groups is 1. The molecule has 2 atom stereocenters. The quantitative estimate of drug-likeness (QED) is 0.0265. The van der Waals surface area contributed by atoms with E-state index in [0.717, 1.165) is 64.2 Å². The molecule has 0 aromatic heterocycles. The number of ether oxygens (including phenoxy) is 2. The SMILES string of the molecule is CCCCC/C=C/C/C=C/C/C=C/C/C=C/CCCCCC(=O)OC[C@H](COP(=O)(O)OCCN)OC(=O)CCC/C=C/CC/C=C/CCCCCCCCCCCCCCCC. The Bertz CT molecular complexity index is 1260. The van der Waals surface area contributed by atoms with Crippen molar-refractivity contribution >= 4 is 19.8 Å². The van der Waals surface area contributed by atoms with Gasteiger partial charge in [-0.05, 0) is 89.9 Å². The summed E-state index contributed by atoms with van der Waals surface area (Å²) in [6.45, 7) is 3.64. The van der Waals surface area contributed by atoms with Crippen LogP contribution in [0.5, 0.6) is 0 Å². The van der Waals surface area contributed by atoms with Crippen molar-refractivity contribution in [3.05, 3.63) is 72.9 Å². The fraction of sp³-hybridized carbons (Fsp3) is 0.736. The zero-order chi connectivity index (χ0) is 46.0. The summed E-state index contributed by atoms with van der Waals surface area (Å²) in [7, 11) is -4.40. The lowest BCUT2D eigenvalue weighted by molar-refractivity contribution is -0.161. The molecule has 0 saturated heterocycles. The summed E-state index contributed by atoms with van der Waals surface area (Å²) in [6, 6.07) is 0. The second-order valence-electron chi connectivity index (χ2n) is 16.7. The maximum atomic E-state index is 12.6. The molecule has 0 heterocycles. The fourth-order valence-electron chi connectivity index (χ4n) is 6.76. The zero-order valence-electron chi connectivity index (χ0n) is 40.3. The summed E-state index contributed by atoms with van der Waals surface area (Å²) >= 11 is 0. The highest BCUT2D eigenvalue weighted by atomic mass is 31.2. The molecule has 0 spiro atoms. The molecule has 0 aliphatic rings. The first-order chi connectivity index (χ1) is 30.8. The van der Waals surface area contributed by atoms with Gasteiger partial charge in [-0.15, -0.1) is 0 Å². The van der Waals surface area contributed by atoms with Gasteiger partial charge < -0.3 is 20.1 Å². The first-order valence-electron chi connectivity index (χ1n) is 25.4. The summed E-state index contributed by atoms with van der Waals surface area (Å²) in [6.07, 6.45) is 61.0. The Morgan fingerprint density at radius 3 is 1.37 bits per heavy atom. The molecule has 1 unspecified atom stereocenters. The molecule has 0 amide bonds. The molecule has 364 valence electrons. The molecule has 0 fully saturated rings. The van der Waals surface area contributed by atoms with Crippen LogP contribution in [0.1, 0.15) is 219 Å². The van der Waals surface area contributed by atoms with E-state index in [1.54, 1.807) is 0 Å². The number of carbonyl (C=O) groups is 2. The lowest BCUT2D eigenvalue weighted by Gasteiger charge is -2.19. The van der Waals surface area contributed by atoms with E-state index in [1.165, 1.54) is 116 Å². The van der Waals surface area contributed by atoms with E-state index in [9.17, 15) is 19.0 Å². The number of unbranched alkanes of at least 4 members (excludes halogenated alkanes) is 22. The summed E-state index contributed by atoms with van der Waals surface area (Å²) in [5.41, 5.74) is 5.36. The van der Waals surface area contributed by atoms with Crippen LogP contribution in [0.2, 0.25) is 0 Å². The van der Waals surface area contributed by atoms with Gasteiger partial charge in [0.05, 0.1) is 13.2 Å². The van der Waals surface area contributed by atoms with Gasteiger partial charge in [-0.3, -0.25) is 18.6 Å². The van der Waals surface area contributed by atoms with Crippen molar-refractivity contribution in [3.63, 3.8) is 0 Å². The van der Waals surface area contributed by atoms with Crippen LogP contribution in [-0.2, 0) is 32.7 Å². The number of hydrogen-bond acceptors (Lipinski definition) is 8. The molecule has 10 heteroatoms. The van der Waals surface area contributed by atoms with Gasteiger partial charge in [0.1, 0.15) is 6.61 Å². The Morgan fingerprint density at radius 2 is 0.857 bits per heavy atom. The second-order valence-corrected chi connectivity index (χ2v) is 18.1. The molecule has 0 radical (unpaired) electrons. The highest BCUT2D eigenvalue weighted by molar-refractivity contribution is 7.47. The van der Waals surface area contributed by atoms with Crippen molar-refractivity contribution in [2.24, 2.45) is 5.73 Å². The van der Waals surface area contributed by atoms with Crippen molar-refractivity contribution < 1.29 is 37.6 Å². The summed E-state index contributed by atoms with van der Waals surface area (Å²) in [5, 5.41) is 0. The normalized spacial score (nSPS) is 13.8. The van der Waals surface area contributed by atoms with Crippen LogP contribution in [0.3, 0.4) is 0 Å². The van der Waals surface area contributed by atoms with Crippen LogP contribution >= 0.6 is 7.82 Å². The van der Waals surface area contributed by atoms with Crippen LogP contribution in [-0.4, -0.2) is 49.3 Å². The van der Waals surface area contributed by atoms with Gasteiger partial charge in [-0.1, -0.05) is 189 Å². The van der Waals surface area contributed by atoms with Gasteiger partial charge in [-0.2, -0.15) is 0 Å². The number of esters is 2. The van der Waals surface area contributed by atoms with Gasteiger partial charge in [-0.25, -0.2) is 4.57 Å². The van der Waals surface area contributed by atoms with Crippen molar-refractivity contribution in [2.45, 2.75) is 225 Å². The summed E-state index contributed by atoms with van der Waals surface area (Å²) < 4.78 is 32.8. The minimum absolute atomic E-state index is 0.0399. The third-order valence-electron chi connectivity index (χ3n) is 10.5. The molecule has 0 saturated carbocycles. The third-order valence-corrected chi connectivity index (χ3v) is 11.5. The third kappa shape index (κ3) is 48.7. The average molecular weight is 904 g/mol. The van der Waals surface area contributed by atoms with E-state index in [-0.39, 0.29) is 32.6 Å². The standard InChI is InChI=1S/C53H94NO8P/c1-3-5-7-9-11-13-15-17-19-21-23-24-25-26-28-30-32-34-36-38-40-42-44-46-53(56)62-51(50-61-63(57,58)60-48-47-54)49-59-52(55)45-43-41-39-37-35-33-31-29-27-22-20-18-16-14-12-10-8-6-4-2/h12,14,18,20,27,29-30,32-33,35,38,40,51H,3-11,13,15-17,19,21-26,28,31,34,36-37,39,41-50,54H2,1-2H3,(H,57,58)/b14-12+,20-18+,29-27+,32-30+,35-33+,40-38+/t51-/m1/s1. The lowest BCUT2D eigenvalue weighted by Crippen LogP contribution is -2.29. The molecule has 0 aliphatic carbocycles. The van der Waals surface area contributed by atoms with E-state index in [2.05, 4.69) is 86.8 Å². The highest BCUT2D eigenvalue weighted by Crippen LogP contribution is 2.43. The molecule has 0 aromatic rings. The number of carbonyl (C=O) groups excluding carboxylic acids is 2. The van der Waals surface area contributed by atoms with Crippen LogP contribution in [0.4, 0.5) is 0 Å². The van der Waals surface area contributed by atoms with Crippen LogP contribution in [0.15, 0.2) is 72.9 Å². The minimum Gasteiger partial charge on any atom is -0.462 e. The van der Waals surface area contributed by atoms with E-state index < -0.39 is 32.5 Å². The first-order valence-corrected chi connectivity index (χ1v) is 26.9. The smallest absolute Gasteiger partial charge is 0.462 e. The topological polar surface area (TPSA) is 134 Å². The van der Waals surface area contributed by atoms with Gasteiger partial charge in [0, 0.05) is 19.4 Å². The largest absolute Gasteiger partial charge is 0.472 e. The predicted molar refractivity (Wildman–Crippen MR) is 266 cm³/mol. The maximum Gasteiger partial charge on any atom is 0.472 e. The van der Waals surface area contributed by atoms with Gasteiger partial charge >= 0.3 is 19.8 Å². The molecular weight excluding hydrogens is 810 g/mol. The Kier molecular flexibility index (Phi) is 46.9.